The second kappa shape index (κ2) is 6.65. The van der Waals surface area contributed by atoms with Crippen molar-refractivity contribution in [3.05, 3.63) is 35.9 Å². The summed E-state index contributed by atoms with van der Waals surface area (Å²) < 4.78 is 0. The smallest absolute Gasteiger partial charge is 0.109 e. The van der Waals surface area contributed by atoms with Gasteiger partial charge in [0.05, 0.1) is 18.8 Å². The van der Waals surface area contributed by atoms with Crippen LogP contribution < -0.4 is 0 Å². The van der Waals surface area contributed by atoms with Gasteiger partial charge in [-0.15, -0.1) is 0 Å². The van der Waals surface area contributed by atoms with Gasteiger partial charge in [-0.1, -0.05) is 37.3 Å². The van der Waals surface area contributed by atoms with E-state index < -0.39 is 24.4 Å². The van der Waals surface area contributed by atoms with E-state index in [-0.39, 0.29) is 19.1 Å². The number of aliphatic hydroxyl groups excluding tert-OH is 4. The fourth-order valence-electron chi connectivity index (χ4n) is 2.83. The molecule has 1 heterocycles. The second-order valence-electron chi connectivity index (χ2n) is 5.56. The van der Waals surface area contributed by atoms with Crippen LogP contribution in [0.3, 0.4) is 0 Å². The Balaban J connectivity index is 2.07. The minimum atomic E-state index is -1.20. The molecule has 20 heavy (non-hydrogen) atoms. The summed E-state index contributed by atoms with van der Waals surface area (Å²) in [6, 6.07) is 9.42. The Bertz CT molecular complexity index is 414. The van der Waals surface area contributed by atoms with Gasteiger partial charge < -0.3 is 20.4 Å². The topological polar surface area (TPSA) is 84.2 Å². The van der Waals surface area contributed by atoms with E-state index in [4.69, 9.17) is 0 Å². The average Bonchev–Trinajstić information content (AvgIpc) is 2.46. The zero-order valence-corrected chi connectivity index (χ0v) is 11.6. The number of likely N-dealkylation sites (tertiary alicyclic amines) is 1. The molecule has 5 unspecified atom stereocenters. The molecular weight excluding hydrogens is 258 g/mol. The molecule has 2 rings (SSSR count). The molecule has 0 saturated carbocycles. The van der Waals surface area contributed by atoms with E-state index in [2.05, 4.69) is 6.92 Å². The van der Waals surface area contributed by atoms with Crippen molar-refractivity contribution in [2.24, 2.45) is 0 Å². The predicted octanol–water partition coefficient (Wildman–Crippen LogP) is -0.451. The van der Waals surface area contributed by atoms with Crippen molar-refractivity contribution < 1.29 is 20.4 Å². The monoisotopic (exact) mass is 281 g/mol. The molecule has 5 heteroatoms. The van der Waals surface area contributed by atoms with Crippen LogP contribution in [-0.4, -0.2) is 69.4 Å². The van der Waals surface area contributed by atoms with Crippen LogP contribution in [0.25, 0.3) is 0 Å². The molecule has 1 aliphatic rings. The summed E-state index contributed by atoms with van der Waals surface area (Å²) in [4.78, 5) is 1.85. The van der Waals surface area contributed by atoms with Crippen molar-refractivity contribution in [2.45, 2.75) is 37.2 Å². The number of benzene rings is 1. The summed E-state index contributed by atoms with van der Waals surface area (Å²) in [6.07, 6.45) is -3.32. The lowest BCUT2D eigenvalue weighted by molar-refractivity contribution is -0.145. The van der Waals surface area contributed by atoms with Gasteiger partial charge in [-0.25, -0.2) is 0 Å². The van der Waals surface area contributed by atoms with Gasteiger partial charge >= 0.3 is 0 Å². The van der Waals surface area contributed by atoms with Crippen molar-refractivity contribution >= 4 is 0 Å². The van der Waals surface area contributed by atoms with Crippen molar-refractivity contribution in [2.75, 3.05) is 19.7 Å². The molecule has 0 radical (unpaired) electrons. The highest BCUT2D eigenvalue weighted by molar-refractivity contribution is 5.19. The van der Waals surface area contributed by atoms with Crippen LogP contribution in [0, 0.1) is 0 Å². The summed E-state index contributed by atoms with van der Waals surface area (Å²) in [5.74, 6) is 0.208. The lowest BCUT2D eigenvalue weighted by Gasteiger charge is -2.44. The highest BCUT2D eigenvalue weighted by Crippen LogP contribution is 2.23. The number of hydrogen-bond donors (Lipinski definition) is 4. The van der Waals surface area contributed by atoms with Crippen LogP contribution in [0.1, 0.15) is 18.4 Å². The molecule has 0 amide bonds. The third-order valence-corrected chi connectivity index (χ3v) is 4.09. The number of nitrogens with zero attached hydrogens (tertiary/aromatic N) is 1. The minimum Gasteiger partial charge on any atom is -0.395 e. The minimum absolute atomic E-state index is 0.208. The number of rotatable bonds is 4. The maximum absolute atomic E-state index is 9.95. The molecule has 1 aliphatic heterocycles. The Morgan fingerprint density at radius 1 is 1.15 bits per heavy atom. The SMILES string of the molecule is CC(CN1CC(O)C(O)C(O)C1CO)c1ccccc1. The van der Waals surface area contributed by atoms with Crippen LogP contribution in [0.15, 0.2) is 30.3 Å². The molecule has 1 fully saturated rings. The molecule has 1 saturated heterocycles. The number of β-amino-alcohol motifs (C(OH)–C–C–N with tert-alkyl or cyclic N) is 1. The highest BCUT2D eigenvalue weighted by atomic mass is 16.4. The quantitative estimate of drug-likeness (QED) is 0.601. The Kier molecular flexibility index (Phi) is 5.12. The predicted molar refractivity (Wildman–Crippen MR) is 75.3 cm³/mol. The largest absolute Gasteiger partial charge is 0.395 e. The van der Waals surface area contributed by atoms with Gasteiger partial charge in [-0.3, -0.25) is 4.90 Å². The van der Waals surface area contributed by atoms with Crippen molar-refractivity contribution in [3.63, 3.8) is 0 Å². The second-order valence-corrected chi connectivity index (χ2v) is 5.56. The van der Waals surface area contributed by atoms with Crippen LogP contribution in [0.4, 0.5) is 0 Å². The third-order valence-electron chi connectivity index (χ3n) is 4.09. The van der Waals surface area contributed by atoms with E-state index in [1.54, 1.807) is 0 Å². The van der Waals surface area contributed by atoms with Gasteiger partial charge in [0.1, 0.15) is 12.2 Å². The molecule has 0 spiro atoms. The highest BCUT2D eigenvalue weighted by Gasteiger charge is 2.41. The maximum atomic E-state index is 9.95. The molecule has 5 atom stereocenters. The van der Waals surface area contributed by atoms with Crippen molar-refractivity contribution in [1.29, 1.82) is 0 Å². The van der Waals surface area contributed by atoms with Gasteiger partial charge in [0.15, 0.2) is 0 Å². The van der Waals surface area contributed by atoms with Gasteiger partial charge in [0, 0.05) is 13.1 Å². The summed E-state index contributed by atoms with van der Waals surface area (Å²) in [5.41, 5.74) is 1.17. The first-order chi connectivity index (χ1) is 9.54. The van der Waals surface area contributed by atoms with E-state index in [0.717, 1.165) is 0 Å². The third kappa shape index (κ3) is 3.19. The van der Waals surface area contributed by atoms with Gasteiger partial charge in [0.25, 0.3) is 0 Å². The lowest BCUT2D eigenvalue weighted by atomic mass is 9.92. The normalized spacial score (nSPS) is 33.0. The molecule has 4 N–H and O–H groups in total. The molecule has 5 nitrogen and oxygen atoms in total. The van der Waals surface area contributed by atoms with Gasteiger partial charge in [-0.05, 0) is 11.5 Å². The molecule has 0 bridgehead atoms. The number of hydrogen-bond acceptors (Lipinski definition) is 5. The van der Waals surface area contributed by atoms with Crippen LogP contribution in [0.2, 0.25) is 0 Å². The van der Waals surface area contributed by atoms with E-state index >= 15 is 0 Å². The Morgan fingerprint density at radius 3 is 2.40 bits per heavy atom. The van der Waals surface area contributed by atoms with Gasteiger partial charge in [-0.2, -0.15) is 0 Å². The van der Waals surface area contributed by atoms with Crippen LogP contribution >= 0.6 is 0 Å². The van der Waals surface area contributed by atoms with Crippen molar-refractivity contribution in [3.8, 4) is 0 Å². The van der Waals surface area contributed by atoms with E-state index in [1.165, 1.54) is 5.56 Å². The van der Waals surface area contributed by atoms with Crippen molar-refractivity contribution in [1.82, 2.24) is 4.90 Å². The Morgan fingerprint density at radius 2 is 1.80 bits per heavy atom. The van der Waals surface area contributed by atoms with E-state index in [0.29, 0.717) is 6.54 Å². The van der Waals surface area contributed by atoms with Crippen LogP contribution in [0.5, 0.6) is 0 Å². The number of aliphatic hydroxyl groups is 4. The Labute approximate surface area is 119 Å². The molecule has 0 aliphatic carbocycles. The zero-order valence-electron chi connectivity index (χ0n) is 11.6. The first-order valence-electron chi connectivity index (χ1n) is 6.98. The van der Waals surface area contributed by atoms with E-state index in [9.17, 15) is 20.4 Å². The van der Waals surface area contributed by atoms with Crippen LogP contribution in [-0.2, 0) is 0 Å². The number of piperidine rings is 1. The fraction of sp³-hybridized carbons (Fsp3) is 0.600. The lowest BCUT2D eigenvalue weighted by Crippen LogP contribution is -2.62. The maximum Gasteiger partial charge on any atom is 0.109 e. The fourth-order valence-corrected chi connectivity index (χ4v) is 2.83. The zero-order chi connectivity index (χ0) is 14.7. The first-order valence-corrected chi connectivity index (χ1v) is 6.98. The molecule has 1 aromatic rings. The molecule has 0 aromatic heterocycles. The summed E-state index contributed by atoms with van der Waals surface area (Å²) in [5, 5.41) is 38.8. The summed E-state index contributed by atoms with van der Waals surface area (Å²) in [7, 11) is 0. The Hall–Kier alpha value is -0.980. The molecule has 112 valence electrons. The average molecular weight is 281 g/mol. The molecular formula is C15H23NO4. The molecule has 1 aromatic carbocycles. The summed E-state index contributed by atoms with van der Waals surface area (Å²) >= 11 is 0. The van der Waals surface area contributed by atoms with Gasteiger partial charge in [0.2, 0.25) is 0 Å². The standard InChI is InChI=1S/C15H23NO4/c1-10(11-5-3-2-4-6-11)7-16-8-13(18)15(20)14(19)12(16)9-17/h2-6,10,12-15,17-20H,7-9H2,1H3. The first kappa shape index (κ1) is 15.4. The van der Waals surface area contributed by atoms with E-state index in [1.807, 2.05) is 35.2 Å². The summed E-state index contributed by atoms with van der Waals surface area (Å²) in [6.45, 7) is 2.68.